The predicted molar refractivity (Wildman–Crippen MR) is 64.2 cm³/mol. The zero-order valence-corrected chi connectivity index (χ0v) is 11.4. The SMILES string of the molecule is COC(=O)c1ccc([Si](OC)(OC)OC)cc1. The average Bonchev–Trinajstić information content (AvgIpc) is 2.41. The Bertz CT molecular complexity index is 364. The Balaban J connectivity index is 3.04. The van der Waals surface area contributed by atoms with Crippen LogP contribution in [0.25, 0.3) is 0 Å². The van der Waals surface area contributed by atoms with E-state index < -0.39 is 8.80 Å². The summed E-state index contributed by atoms with van der Waals surface area (Å²) in [5.41, 5.74) is 0.474. The second kappa shape index (κ2) is 5.92. The molecule has 0 radical (unpaired) electrons. The fourth-order valence-corrected chi connectivity index (χ4v) is 3.31. The summed E-state index contributed by atoms with van der Waals surface area (Å²) in [5, 5.41) is 0.789. The van der Waals surface area contributed by atoms with Gasteiger partial charge in [0.1, 0.15) is 0 Å². The molecule has 0 unspecified atom stereocenters. The summed E-state index contributed by atoms with van der Waals surface area (Å²) >= 11 is 0. The molecule has 0 aromatic heterocycles. The van der Waals surface area contributed by atoms with Crippen molar-refractivity contribution in [3.05, 3.63) is 29.8 Å². The van der Waals surface area contributed by atoms with Crippen LogP contribution >= 0.6 is 0 Å². The van der Waals surface area contributed by atoms with E-state index in [-0.39, 0.29) is 5.97 Å². The zero-order chi connectivity index (χ0) is 12.9. The largest absolute Gasteiger partial charge is 0.536 e. The van der Waals surface area contributed by atoms with E-state index in [1.54, 1.807) is 24.3 Å². The lowest BCUT2D eigenvalue weighted by atomic mass is 10.2. The molecule has 0 amide bonds. The van der Waals surface area contributed by atoms with Gasteiger partial charge in [0, 0.05) is 26.5 Å². The maximum absolute atomic E-state index is 11.3. The second-order valence-electron chi connectivity index (χ2n) is 3.24. The Morgan fingerprint density at radius 1 is 0.941 bits per heavy atom. The summed E-state index contributed by atoms with van der Waals surface area (Å²) < 4.78 is 20.6. The van der Waals surface area contributed by atoms with Crippen molar-refractivity contribution in [2.24, 2.45) is 0 Å². The number of esters is 1. The van der Waals surface area contributed by atoms with Crippen molar-refractivity contribution in [1.82, 2.24) is 0 Å². The van der Waals surface area contributed by atoms with Crippen LogP contribution in [0.1, 0.15) is 10.4 Å². The fourth-order valence-electron chi connectivity index (χ4n) is 1.53. The van der Waals surface area contributed by atoms with Gasteiger partial charge in [0.25, 0.3) is 0 Å². The van der Waals surface area contributed by atoms with E-state index in [4.69, 9.17) is 13.3 Å². The fraction of sp³-hybridized carbons (Fsp3) is 0.364. The van der Waals surface area contributed by atoms with Crippen LogP contribution in [-0.2, 0) is 18.0 Å². The number of hydrogen-bond donors (Lipinski definition) is 0. The summed E-state index contributed by atoms with van der Waals surface area (Å²) in [4.78, 5) is 11.3. The van der Waals surface area contributed by atoms with E-state index >= 15 is 0 Å². The molecule has 0 aliphatic carbocycles. The molecule has 0 saturated carbocycles. The lowest BCUT2D eigenvalue weighted by Gasteiger charge is -2.24. The molecule has 0 aliphatic rings. The Hall–Kier alpha value is -1.21. The minimum absolute atomic E-state index is 0.379. The molecule has 0 saturated heterocycles. The van der Waals surface area contributed by atoms with Crippen molar-refractivity contribution in [1.29, 1.82) is 0 Å². The maximum atomic E-state index is 11.3. The van der Waals surface area contributed by atoms with Crippen LogP contribution < -0.4 is 5.19 Å². The van der Waals surface area contributed by atoms with Crippen LogP contribution in [0, 0.1) is 0 Å². The monoisotopic (exact) mass is 256 g/mol. The average molecular weight is 256 g/mol. The molecule has 0 spiro atoms. The van der Waals surface area contributed by atoms with Crippen molar-refractivity contribution in [2.75, 3.05) is 28.4 Å². The first-order valence-electron chi connectivity index (χ1n) is 4.97. The number of hydrogen-bond acceptors (Lipinski definition) is 5. The topological polar surface area (TPSA) is 54.0 Å². The summed E-state index contributed by atoms with van der Waals surface area (Å²) in [5.74, 6) is -0.379. The summed E-state index contributed by atoms with van der Waals surface area (Å²) in [6.07, 6.45) is 0. The van der Waals surface area contributed by atoms with Crippen molar-refractivity contribution in [3.63, 3.8) is 0 Å². The van der Waals surface area contributed by atoms with E-state index in [0.717, 1.165) is 5.19 Å². The summed E-state index contributed by atoms with van der Waals surface area (Å²) in [6.45, 7) is 0. The van der Waals surface area contributed by atoms with E-state index in [9.17, 15) is 4.79 Å². The third-order valence-corrected chi connectivity index (χ3v) is 5.12. The summed E-state index contributed by atoms with van der Waals surface area (Å²) in [7, 11) is 3.13. The molecule has 0 atom stereocenters. The first-order chi connectivity index (χ1) is 8.13. The van der Waals surface area contributed by atoms with Gasteiger partial charge in [-0.3, -0.25) is 0 Å². The van der Waals surface area contributed by atoms with Crippen molar-refractivity contribution >= 4 is 20.0 Å². The normalized spacial score (nSPS) is 11.3. The molecule has 0 fully saturated rings. The first kappa shape index (κ1) is 13.9. The Morgan fingerprint density at radius 2 is 1.41 bits per heavy atom. The third kappa shape index (κ3) is 2.72. The molecular weight excluding hydrogens is 240 g/mol. The van der Waals surface area contributed by atoms with Crippen LogP contribution in [0.4, 0.5) is 0 Å². The van der Waals surface area contributed by atoms with Crippen LogP contribution in [-0.4, -0.2) is 43.2 Å². The molecule has 1 aromatic carbocycles. The Kier molecular flexibility index (Phi) is 4.82. The van der Waals surface area contributed by atoms with Crippen molar-refractivity contribution in [3.8, 4) is 0 Å². The van der Waals surface area contributed by atoms with Gasteiger partial charge in [0.2, 0.25) is 0 Å². The highest BCUT2D eigenvalue weighted by atomic mass is 28.4. The quantitative estimate of drug-likeness (QED) is 0.569. The van der Waals surface area contributed by atoms with Gasteiger partial charge in [-0.05, 0) is 12.1 Å². The van der Waals surface area contributed by atoms with Crippen LogP contribution in [0.3, 0.4) is 0 Å². The van der Waals surface area contributed by atoms with Crippen LogP contribution in [0.15, 0.2) is 24.3 Å². The molecule has 1 aromatic rings. The third-order valence-electron chi connectivity index (χ3n) is 2.47. The van der Waals surface area contributed by atoms with E-state index in [2.05, 4.69) is 4.74 Å². The van der Waals surface area contributed by atoms with Gasteiger partial charge in [-0.1, -0.05) is 12.1 Å². The van der Waals surface area contributed by atoms with Gasteiger partial charge < -0.3 is 18.0 Å². The Labute approximate surface area is 102 Å². The summed E-state index contributed by atoms with van der Waals surface area (Å²) in [6, 6.07) is 6.80. The van der Waals surface area contributed by atoms with Crippen LogP contribution in [0.2, 0.25) is 0 Å². The molecule has 5 nitrogen and oxygen atoms in total. The number of carbonyl (C=O) groups excluding carboxylic acids is 1. The smallest absolute Gasteiger partial charge is 0.465 e. The lowest BCUT2D eigenvalue weighted by molar-refractivity contribution is 0.0600. The van der Waals surface area contributed by atoms with Gasteiger partial charge >= 0.3 is 14.8 Å². The number of rotatable bonds is 5. The van der Waals surface area contributed by atoms with Gasteiger partial charge in [-0.25, -0.2) is 4.79 Å². The van der Waals surface area contributed by atoms with Crippen LogP contribution in [0.5, 0.6) is 0 Å². The molecule has 17 heavy (non-hydrogen) atoms. The number of methoxy groups -OCH3 is 1. The second-order valence-corrected chi connectivity index (χ2v) is 6.15. The molecule has 1 rings (SSSR count). The van der Waals surface area contributed by atoms with Crippen molar-refractivity contribution < 1.29 is 22.8 Å². The standard InChI is InChI=1S/C11H16O5Si/c1-13-11(12)9-5-7-10(8-6-9)17(14-2,15-3)16-4/h5-8H,1-4H3. The van der Waals surface area contributed by atoms with E-state index in [1.165, 1.54) is 28.4 Å². The van der Waals surface area contributed by atoms with Gasteiger partial charge in [0.05, 0.1) is 12.7 Å². The Morgan fingerprint density at radius 3 is 1.76 bits per heavy atom. The molecule has 0 heterocycles. The highest BCUT2D eigenvalue weighted by molar-refractivity contribution is 6.75. The molecule has 6 heteroatoms. The first-order valence-corrected chi connectivity index (χ1v) is 6.70. The highest BCUT2D eigenvalue weighted by Crippen LogP contribution is 2.08. The maximum Gasteiger partial charge on any atom is 0.536 e. The molecule has 0 bridgehead atoms. The van der Waals surface area contributed by atoms with E-state index in [1.807, 2.05) is 0 Å². The van der Waals surface area contributed by atoms with Crippen molar-refractivity contribution in [2.45, 2.75) is 0 Å². The van der Waals surface area contributed by atoms with Gasteiger partial charge in [-0.2, -0.15) is 0 Å². The minimum Gasteiger partial charge on any atom is -0.465 e. The predicted octanol–water partition coefficient (Wildman–Crippen LogP) is 0.558. The van der Waals surface area contributed by atoms with Gasteiger partial charge in [0.15, 0.2) is 0 Å². The zero-order valence-electron chi connectivity index (χ0n) is 10.4. The van der Waals surface area contributed by atoms with Gasteiger partial charge in [-0.15, -0.1) is 0 Å². The van der Waals surface area contributed by atoms with E-state index in [0.29, 0.717) is 5.56 Å². The molecule has 0 N–H and O–H groups in total. The molecule has 0 aliphatic heterocycles. The lowest BCUT2D eigenvalue weighted by Crippen LogP contribution is -2.54. The number of ether oxygens (including phenoxy) is 1. The minimum atomic E-state index is -2.81. The number of carbonyl (C=O) groups is 1. The highest BCUT2D eigenvalue weighted by Gasteiger charge is 2.40. The number of benzene rings is 1. The molecular formula is C11H16O5Si. The molecule has 94 valence electrons.